The summed E-state index contributed by atoms with van der Waals surface area (Å²) in [5.74, 6) is 1.50. The summed E-state index contributed by atoms with van der Waals surface area (Å²) in [6.45, 7) is 5.73. The third-order valence-corrected chi connectivity index (χ3v) is 7.37. The van der Waals surface area contributed by atoms with Gasteiger partial charge < -0.3 is 15.0 Å². The standard InChI is InChI=1S/C28H33N9O3/c1-39-34-28(38)31-22-6-4-21(5-7-22)25-32-26(36-13-15-40-16-14-36)24-18-30-37(27(24)33-25)23-8-11-35(12-9-23)19-20-3-2-10-29-17-20/h2-7,10,17-18,23H,8-9,11-16,19H2,1H3,(H2,31,34,38). The number of likely N-dealkylation sites (tertiary alicyclic amines) is 1. The number of benzene rings is 1. The fourth-order valence-electron chi connectivity index (χ4n) is 5.35. The number of nitrogens with one attached hydrogen (secondary N) is 2. The van der Waals surface area contributed by atoms with Gasteiger partial charge >= 0.3 is 6.03 Å². The van der Waals surface area contributed by atoms with E-state index in [0.29, 0.717) is 24.7 Å². The number of morpholine rings is 1. The molecule has 208 valence electrons. The Morgan fingerprint density at radius 3 is 2.58 bits per heavy atom. The normalized spacial score (nSPS) is 16.8. The van der Waals surface area contributed by atoms with Gasteiger partial charge in [-0.1, -0.05) is 6.07 Å². The van der Waals surface area contributed by atoms with Crippen molar-refractivity contribution >= 4 is 28.6 Å². The molecular formula is C28H33N9O3. The molecule has 12 nitrogen and oxygen atoms in total. The van der Waals surface area contributed by atoms with Crippen LogP contribution in [-0.2, 0) is 16.1 Å². The SMILES string of the molecule is CONC(=O)Nc1ccc(-c2nc(N3CCOCC3)c3cnn(C4CCN(Cc5cccnc5)CC4)c3n2)cc1. The molecular weight excluding hydrogens is 510 g/mol. The van der Waals surface area contributed by atoms with Crippen molar-refractivity contribution in [1.82, 2.24) is 35.1 Å². The Balaban J connectivity index is 1.27. The van der Waals surface area contributed by atoms with Crippen LogP contribution in [-0.4, -0.2) is 82.2 Å². The Bertz CT molecular complexity index is 1430. The Labute approximate surface area is 232 Å². The van der Waals surface area contributed by atoms with E-state index >= 15 is 0 Å². The summed E-state index contributed by atoms with van der Waals surface area (Å²) in [6, 6.07) is 11.4. The van der Waals surface area contributed by atoms with Crippen molar-refractivity contribution in [1.29, 1.82) is 0 Å². The number of nitrogens with zero attached hydrogens (tertiary/aromatic N) is 7. The second-order valence-electron chi connectivity index (χ2n) is 10.0. The molecule has 2 fully saturated rings. The van der Waals surface area contributed by atoms with Crippen LogP contribution in [0.4, 0.5) is 16.3 Å². The number of aromatic nitrogens is 5. The van der Waals surface area contributed by atoms with Gasteiger partial charge in [0.25, 0.3) is 0 Å². The van der Waals surface area contributed by atoms with Crippen LogP contribution < -0.4 is 15.7 Å². The Hall–Kier alpha value is -4.13. The van der Waals surface area contributed by atoms with Gasteiger partial charge in [-0.15, -0.1) is 0 Å². The van der Waals surface area contributed by atoms with Gasteiger partial charge in [-0.2, -0.15) is 5.10 Å². The Morgan fingerprint density at radius 2 is 1.85 bits per heavy atom. The van der Waals surface area contributed by atoms with Gasteiger partial charge in [0.1, 0.15) is 5.82 Å². The average Bonchev–Trinajstić information content (AvgIpc) is 3.43. The molecule has 2 N–H and O–H groups in total. The average molecular weight is 544 g/mol. The minimum absolute atomic E-state index is 0.258. The highest BCUT2D eigenvalue weighted by atomic mass is 16.6. The van der Waals surface area contributed by atoms with Crippen molar-refractivity contribution in [3.05, 3.63) is 60.6 Å². The van der Waals surface area contributed by atoms with Crippen molar-refractivity contribution in [2.45, 2.75) is 25.4 Å². The second kappa shape index (κ2) is 11.9. The quantitative estimate of drug-likeness (QED) is 0.338. The van der Waals surface area contributed by atoms with Gasteiger partial charge in [0.2, 0.25) is 0 Å². The lowest BCUT2D eigenvalue weighted by Gasteiger charge is -2.32. The van der Waals surface area contributed by atoms with E-state index in [1.54, 1.807) is 0 Å². The van der Waals surface area contributed by atoms with E-state index in [0.717, 1.165) is 68.0 Å². The van der Waals surface area contributed by atoms with Gasteiger partial charge in [-0.25, -0.2) is 24.9 Å². The highest BCUT2D eigenvalue weighted by molar-refractivity contribution is 5.90. The first-order valence-corrected chi connectivity index (χ1v) is 13.6. The summed E-state index contributed by atoms with van der Waals surface area (Å²) >= 11 is 0. The zero-order valence-corrected chi connectivity index (χ0v) is 22.5. The maximum atomic E-state index is 11.8. The summed E-state index contributed by atoms with van der Waals surface area (Å²) in [6.07, 6.45) is 7.65. The molecule has 0 saturated carbocycles. The summed E-state index contributed by atoms with van der Waals surface area (Å²) in [7, 11) is 1.39. The van der Waals surface area contributed by atoms with Crippen LogP contribution in [0.1, 0.15) is 24.4 Å². The number of urea groups is 1. The maximum absolute atomic E-state index is 11.8. The molecule has 0 atom stereocenters. The third kappa shape index (κ3) is 5.74. The molecule has 2 saturated heterocycles. The van der Waals surface area contributed by atoms with Gasteiger partial charge in [0.05, 0.1) is 37.9 Å². The fourth-order valence-corrected chi connectivity index (χ4v) is 5.35. The zero-order valence-electron chi connectivity index (χ0n) is 22.5. The minimum atomic E-state index is -0.446. The maximum Gasteiger partial charge on any atom is 0.343 e. The lowest BCUT2D eigenvalue weighted by atomic mass is 10.0. The first kappa shape index (κ1) is 26.1. The molecule has 5 heterocycles. The molecule has 0 unspecified atom stereocenters. The molecule has 4 aromatic rings. The minimum Gasteiger partial charge on any atom is -0.378 e. The van der Waals surface area contributed by atoms with Gasteiger partial charge in [-0.3, -0.25) is 14.7 Å². The number of anilines is 2. The summed E-state index contributed by atoms with van der Waals surface area (Å²) < 4.78 is 7.69. The summed E-state index contributed by atoms with van der Waals surface area (Å²) in [5, 5.41) is 8.52. The van der Waals surface area contributed by atoms with Crippen LogP contribution in [0.25, 0.3) is 22.4 Å². The van der Waals surface area contributed by atoms with Crippen LogP contribution in [0.3, 0.4) is 0 Å². The van der Waals surface area contributed by atoms with Crippen molar-refractivity contribution < 1.29 is 14.4 Å². The number of hydrogen-bond acceptors (Lipinski definition) is 9. The smallest absolute Gasteiger partial charge is 0.343 e. The lowest BCUT2D eigenvalue weighted by Crippen LogP contribution is -2.37. The number of fused-ring (bicyclic) bond motifs is 1. The molecule has 0 bridgehead atoms. The number of carbonyl (C=O) groups excluding carboxylic acids is 1. The number of carbonyl (C=O) groups is 1. The van der Waals surface area contributed by atoms with Crippen LogP contribution in [0, 0.1) is 0 Å². The molecule has 0 radical (unpaired) electrons. The number of piperidine rings is 1. The summed E-state index contributed by atoms with van der Waals surface area (Å²) in [5.41, 5.74) is 5.82. The predicted molar refractivity (Wildman–Crippen MR) is 151 cm³/mol. The Kier molecular flexibility index (Phi) is 7.80. The van der Waals surface area contributed by atoms with Gasteiger partial charge in [0, 0.05) is 56.4 Å². The topological polar surface area (TPSA) is 123 Å². The van der Waals surface area contributed by atoms with Crippen LogP contribution in [0.2, 0.25) is 0 Å². The number of ether oxygens (including phenoxy) is 1. The van der Waals surface area contributed by atoms with Crippen molar-refractivity contribution in [3.63, 3.8) is 0 Å². The number of amides is 2. The molecule has 1 aromatic carbocycles. The van der Waals surface area contributed by atoms with E-state index in [1.807, 2.05) is 48.9 Å². The van der Waals surface area contributed by atoms with E-state index < -0.39 is 6.03 Å². The molecule has 40 heavy (non-hydrogen) atoms. The molecule has 12 heteroatoms. The van der Waals surface area contributed by atoms with Crippen LogP contribution in [0.15, 0.2) is 55.0 Å². The second-order valence-corrected chi connectivity index (χ2v) is 10.0. The first-order chi connectivity index (χ1) is 19.7. The van der Waals surface area contributed by atoms with Crippen molar-refractivity contribution in [2.24, 2.45) is 0 Å². The van der Waals surface area contributed by atoms with E-state index in [9.17, 15) is 4.79 Å². The van der Waals surface area contributed by atoms with Crippen LogP contribution in [0.5, 0.6) is 0 Å². The van der Waals surface area contributed by atoms with Gasteiger partial charge in [-0.05, 0) is 48.7 Å². The molecule has 2 aliphatic heterocycles. The lowest BCUT2D eigenvalue weighted by molar-refractivity contribution is 0.114. The Morgan fingerprint density at radius 1 is 1.05 bits per heavy atom. The number of pyridine rings is 1. The van der Waals surface area contributed by atoms with Crippen molar-refractivity contribution in [3.8, 4) is 11.4 Å². The predicted octanol–water partition coefficient (Wildman–Crippen LogP) is 3.24. The molecule has 0 spiro atoms. The molecule has 6 rings (SSSR count). The monoisotopic (exact) mass is 543 g/mol. The van der Waals surface area contributed by atoms with E-state index in [1.165, 1.54) is 12.7 Å². The van der Waals surface area contributed by atoms with Gasteiger partial charge in [0.15, 0.2) is 11.5 Å². The zero-order chi connectivity index (χ0) is 27.3. The number of rotatable bonds is 7. The third-order valence-electron chi connectivity index (χ3n) is 7.37. The highest BCUT2D eigenvalue weighted by Gasteiger charge is 2.26. The van der Waals surface area contributed by atoms with E-state index in [4.69, 9.17) is 19.8 Å². The molecule has 2 amide bonds. The largest absolute Gasteiger partial charge is 0.378 e. The molecule has 0 aliphatic carbocycles. The fraction of sp³-hybridized carbons (Fsp3) is 0.393. The number of hydrogen-bond donors (Lipinski definition) is 2. The van der Waals surface area contributed by atoms with E-state index in [-0.39, 0.29) is 6.04 Å². The van der Waals surface area contributed by atoms with Crippen LogP contribution >= 0.6 is 0 Å². The number of hydroxylamine groups is 1. The first-order valence-electron chi connectivity index (χ1n) is 13.6. The van der Waals surface area contributed by atoms with E-state index in [2.05, 4.69) is 41.2 Å². The molecule has 3 aromatic heterocycles. The highest BCUT2D eigenvalue weighted by Crippen LogP contribution is 2.32. The summed E-state index contributed by atoms with van der Waals surface area (Å²) in [4.78, 5) is 35.5. The molecule has 2 aliphatic rings. The van der Waals surface area contributed by atoms with Crippen molar-refractivity contribution in [2.75, 3.05) is 56.7 Å².